The first kappa shape index (κ1) is 14.2. The first-order chi connectivity index (χ1) is 9.50. The van der Waals surface area contributed by atoms with E-state index in [1.807, 2.05) is 32.0 Å². The van der Waals surface area contributed by atoms with Gasteiger partial charge >= 0.3 is 0 Å². The van der Waals surface area contributed by atoms with Crippen LogP contribution in [0.3, 0.4) is 0 Å². The Bertz CT molecular complexity index is 611. The molecule has 2 aromatic carbocycles. The van der Waals surface area contributed by atoms with E-state index in [9.17, 15) is 13.6 Å². The number of carbonyl (C=O) groups excluding carboxylic acids is 1. The van der Waals surface area contributed by atoms with Gasteiger partial charge in [-0.25, -0.2) is 8.78 Å². The lowest BCUT2D eigenvalue weighted by molar-refractivity contribution is 0.0979. The van der Waals surface area contributed by atoms with Crippen molar-refractivity contribution in [2.75, 3.05) is 4.90 Å². The molecule has 2 rings (SSSR count). The van der Waals surface area contributed by atoms with E-state index in [0.717, 1.165) is 17.8 Å². The molecule has 0 aliphatic carbocycles. The van der Waals surface area contributed by atoms with Gasteiger partial charge in [-0.1, -0.05) is 18.2 Å². The van der Waals surface area contributed by atoms with E-state index < -0.39 is 11.6 Å². The number of hydrogen-bond acceptors (Lipinski definition) is 1. The van der Waals surface area contributed by atoms with Crippen LogP contribution in [0.4, 0.5) is 14.5 Å². The predicted octanol–water partition coefficient (Wildman–Crippen LogP) is 4.02. The van der Waals surface area contributed by atoms with E-state index >= 15 is 0 Å². The Balaban J connectivity index is 2.39. The molecule has 1 amide bonds. The topological polar surface area (TPSA) is 20.3 Å². The molecule has 2 nitrogen and oxygen atoms in total. The maximum absolute atomic E-state index is 13.3. The molecule has 0 fully saturated rings. The smallest absolute Gasteiger partial charge is 0.258 e. The summed E-state index contributed by atoms with van der Waals surface area (Å²) in [6.45, 7) is 3.73. The van der Waals surface area contributed by atoms with Crippen molar-refractivity contribution in [3.8, 4) is 0 Å². The number of hydrogen-bond donors (Lipinski definition) is 0. The fourth-order valence-corrected chi connectivity index (χ4v) is 2.01. The monoisotopic (exact) mass is 275 g/mol. The SMILES string of the molecule is CC(C)N(C(=O)c1ccc(F)c(F)c1)c1ccccc1. The average Bonchev–Trinajstić information content (AvgIpc) is 2.42. The van der Waals surface area contributed by atoms with E-state index in [1.54, 1.807) is 17.0 Å². The molecule has 0 bridgehead atoms. The average molecular weight is 275 g/mol. The van der Waals surface area contributed by atoms with Crippen molar-refractivity contribution in [1.29, 1.82) is 0 Å². The lowest BCUT2D eigenvalue weighted by Gasteiger charge is -2.27. The molecular weight excluding hydrogens is 260 g/mol. The second kappa shape index (κ2) is 5.82. The van der Waals surface area contributed by atoms with Gasteiger partial charge in [0.15, 0.2) is 11.6 Å². The van der Waals surface area contributed by atoms with Gasteiger partial charge in [-0.05, 0) is 44.2 Å². The summed E-state index contributed by atoms with van der Waals surface area (Å²) in [5.41, 5.74) is 0.846. The highest BCUT2D eigenvalue weighted by Crippen LogP contribution is 2.20. The van der Waals surface area contributed by atoms with Gasteiger partial charge in [0.25, 0.3) is 5.91 Å². The van der Waals surface area contributed by atoms with Crippen molar-refractivity contribution in [1.82, 2.24) is 0 Å². The molecule has 0 aliphatic rings. The number of nitrogens with zero attached hydrogens (tertiary/aromatic N) is 1. The van der Waals surface area contributed by atoms with Gasteiger partial charge in [0, 0.05) is 17.3 Å². The lowest BCUT2D eigenvalue weighted by Crippen LogP contribution is -2.37. The Hall–Kier alpha value is -2.23. The van der Waals surface area contributed by atoms with Crippen LogP contribution in [0.15, 0.2) is 48.5 Å². The fraction of sp³-hybridized carbons (Fsp3) is 0.188. The van der Waals surface area contributed by atoms with Crippen LogP contribution >= 0.6 is 0 Å². The number of halogens is 2. The number of para-hydroxylation sites is 1. The summed E-state index contributed by atoms with van der Waals surface area (Å²) in [7, 11) is 0. The molecule has 20 heavy (non-hydrogen) atoms. The van der Waals surface area contributed by atoms with Gasteiger partial charge < -0.3 is 4.90 Å². The van der Waals surface area contributed by atoms with Crippen LogP contribution in [-0.4, -0.2) is 11.9 Å². The van der Waals surface area contributed by atoms with Crippen molar-refractivity contribution in [3.05, 3.63) is 65.7 Å². The number of anilines is 1. The first-order valence-corrected chi connectivity index (χ1v) is 6.34. The summed E-state index contributed by atoms with van der Waals surface area (Å²) in [6, 6.07) is 12.2. The van der Waals surface area contributed by atoms with Gasteiger partial charge in [-0.2, -0.15) is 0 Å². The minimum atomic E-state index is -1.02. The van der Waals surface area contributed by atoms with Crippen molar-refractivity contribution in [2.24, 2.45) is 0 Å². The van der Waals surface area contributed by atoms with E-state index in [1.165, 1.54) is 6.07 Å². The van der Waals surface area contributed by atoms with E-state index in [2.05, 4.69) is 0 Å². The fourth-order valence-electron chi connectivity index (χ4n) is 2.01. The molecule has 0 aliphatic heterocycles. The van der Waals surface area contributed by atoms with Crippen LogP contribution in [0.1, 0.15) is 24.2 Å². The highest BCUT2D eigenvalue weighted by molar-refractivity contribution is 6.06. The van der Waals surface area contributed by atoms with Gasteiger partial charge in [-0.15, -0.1) is 0 Å². The third-order valence-electron chi connectivity index (χ3n) is 2.94. The van der Waals surface area contributed by atoms with Crippen molar-refractivity contribution < 1.29 is 13.6 Å². The highest BCUT2D eigenvalue weighted by atomic mass is 19.2. The second-order valence-electron chi connectivity index (χ2n) is 4.73. The molecule has 0 atom stereocenters. The highest BCUT2D eigenvalue weighted by Gasteiger charge is 2.21. The normalized spacial score (nSPS) is 10.7. The van der Waals surface area contributed by atoms with Crippen molar-refractivity contribution in [2.45, 2.75) is 19.9 Å². The molecule has 0 saturated heterocycles. The standard InChI is InChI=1S/C16H15F2NO/c1-11(2)19(13-6-4-3-5-7-13)16(20)12-8-9-14(17)15(18)10-12/h3-11H,1-2H3. The van der Waals surface area contributed by atoms with Crippen LogP contribution in [0.5, 0.6) is 0 Å². The molecule has 0 N–H and O–H groups in total. The second-order valence-corrected chi connectivity index (χ2v) is 4.73. The molecule has 0 heterocycles. The number of carbonyl (C=O) groups is 1. The van der Waals surface area contributed by atoms with E-state index in [-0.39, 0.29) is 17.5 Å². The van der Waals surface area contributed by atoms with Crippen LogP contribution in [0, 0.1) is 11.6 Å². The third kappa shape index (κ3) is 2.85. The zero-order valence-corrected chi connectivity index (χ0v) is 11.3. The van der Waals surface area contributed by atoms with Crippen molar-refractivity contribution >= 4 is 11.6 Å². The summed E-state index contributed by atoms with van der Waals surface area (Å²) < 4.78 is 26.2. The first-order valence-electron chi connectivity index (χ1n) is 6.34. The Labute approximate surface area is 116 Å². The maximum Gasteiger partial charge on any atom is 0.258 e. The molecule has 2 aromatic rings. The third-order valence-corrected chi connectivity index (χ3v) is 2.94. The van der Waals surface area contributed by atoms with Crippen LogP contribution in [-0.2, 0) is 0 Å². The van der Waals surface area contributed by atoms with Crippen molar-refractivity contribution in [3.63, 3.8) is 0 Å². The minimum Gasteiger partial charge on any atom is -0.306 e. The van der Waals surface area contributed by atoms with Gasteiger partial charge in [-0.3, -0.25) is 4.79 Å². The molecule has 104 valence electrons. The summed E-state index contributed by atoms with van der Waals surface area (Å²) in [5.74, 6) is -2.34. The largest absolute Gasteiger partial charge is 0.306 e. The molecular formula is C16H15F2NO. The Morgan fingerprint density at radius 1 is 1.00 bits per heavy atom. The summed E-state index contributed by atoms with van der Waals surface area (Å²) in [6.07, 6.45) is 0. The molecule has 0 aromatic heterocycles. The molecule has 0 radical (unpaired) electrons. The zero-order valence-electron chi connectivity index (χ0n) is 11.3. The Kier molecular flexibility index (Phi) is 4.13. The number of rotatable bonds is 3. The maximum atomic E-state index is 13.3. The quantitative estimate of drug-likeness (QED) is 0.828. The number of benzene rings is 2. The summed E-state index contributed by atoms with van der Waals surface area (Å²) >= 11 is 0. The number of amides is 1. The van der Waals surface area contributed by atoms with E-state index in [0.29, 0.717) is 0 Å². The zero-order chi connectivity index (χ0) is 14.7. The molecule has 0 spiro atoms. The van der Waals surface area contributed by atoms with Crippen LogP contribution in [0.25, 0.3) is 0 Å². The van der Waals surface area contributed by atoms with Crippen LogP contribution in [0.2, 0.25) is 0 Å². The predicted molar refractivity (Wildman–Crippen MR) is 74.7 cm³/mol. The minimum absolute atomic E-state index is 0.0991. The lowest BCUT2D eigenvalue weighted by atomic mass is 10.1. The van der Waals surface area contributed by atoms with Gasteiger partial charge in [0.05, 0.1) is 0 Å². The molecule has 0 unspecified atom stereocenters. The van der Waals surface area contributed by atoms with E-state index in [4.69, 9.17) is 0 Å². The summed E-state index contributed by atoms with van der Waals surface area (Å²) in [5, 5.41) is 0. The Morgan fingerprint density at radius 3 is 2.20 bits per heavy atom. The Morgan fingerprint density at radius 2 is 1.65 bits per heavy atom. The summed E-state index contributed by atoms with van der Waals surface area (Å²) in [4.78, 5) is 14.0. The molecule has 0 saturated carbocycles. The van der Waals surface area contributed by atoms with Gasteiger partial charge in [0.1, 0.15) is 0 Å². The van der Waals surface area contributed by atoms with Gasteiger partial charge in [0.2, 0.25) is 0 Å². The van der Waals surface area contributed by atoms with Crippen LogP contribution < -0.4 is 4.90 Å². The molecule has 4 heteroatoms.